The Morgan fingerprint density at radius 2 is 1.93 bits per heavy atom. The zero-order valence-electron chi connectivity index (χ0n) is 15.6. The fourth-order valence-corrected chi connectivity index (χ4v) is 4.62. The van der Waals surface area contributed by atoms with Crippen LogP contribution in [0.3, 0.4) is 0 Å². The quantitative estimate of drug-likeness (QED) is 0.550. The Hall–Kier alpha value is -2.73. The van der Waals surface area contributed by atoms with Crippen molar-refractivity contribution in [3.63, 3.8) is 0 Å². The van der Waals surface area contributed by atoms with Crippen LogP contribution < -0.4 is 10.5 Å². The van der Waals surface area contributed by atoms with Crippen LogP contribution in [-0.4, -0.2) is 46.6 Å². The van der Waals surface area contributed by atoms with Crippen molar-refractivity contribution in [1.82, 2.24) is 14.6 Å². The second-order valence-corrected chi connectivity index (χ2v) is 7.97. The molecule has 1 aromatic carbocycles. The predicted octanol–water partition coefficient (Wildman–Crippen LogP) is 2.97. The van der Waals surface area contributed by atoms with E-state index in [0.29, 0.717) is 23.1 Å². The van der Waals surface area contributed by atoms with Crippen molar-refractivity contribution in [1.29, 1.82) is 0 Å². The number of hydrogen-bond donors (Lipinski definition) is 2. The summed E-state index contributed by atoms with van der Waals surface area (Å²) in [5, 5.41) is 10.2. The van der Waals surface area contributed by atoms with Gasteiger partial charge in [0, 0.05) is 42.0 Å². The molecule has 2 unspecified atom stereocenters. The van der Waals surface area contributed by atoms with Gasteiger partial charge in [-0.25, -0.2) is 4.98 Å². The summed E-state index contributed by atoms with van der Waals surface area (Å²) in [6, 6.07) is 9.63. The number of anilines is 1. The number of nitrogens with zero attached hydrogens (tertiary/aromatic N) is 3. The number of aromatic nitrogens is 2. The van der Waals surface area contributed by atoms with Crippen LogP contribution in [0, 0.1) is 24.7 Å². The van der Waals surface area contributed by atoms with Crippen molar-refractivity contribution in [2.24, 2.45) is 17.8 Å². The van der Waals surface area contributed by atoms with E-state index in [1.165, 1.54) is 13.1 Å². The molecular weight excluding hydrogens is 340 g/mol. The van der Waals surface area contributed by atoms with E-state index < -0.39 is 0 Å². The molecule has 0 bridgehead atoms. The highest BCUT2D eigenvalue weighted by Crippen LogP contribution is 2.51. The van der Waals surface area contributed by atoms with Crippen LogP contribution in [0.4, 0.5) is 5.69 Å². The predicted molar refractivity (Wildman–Crippen MR) is 104 cm³/mol. The number of pyridine rings is 1. The smallest absolute Gasteiger partial charge is 0.176 e. The summed E-state index contributed by atoms with van der Waals surface area (Å²) in [7, 11) is 2.19. The molecule has 2 fully saturated rings. The van der Waals surface area contributed by atoms with Gasteiger partial charge in [-0.2, -0.15) is 4.73 Å². The average Bonchev–Trinajstić information content (AvgIpc) is 3.03. The Bertz CT molecular complexity index is 970. The molecule has 140 valence electrons. The average molecular weight is 364 g/mol. The number of aryl methyl sites for hydroxylation is 1. The lowest BCUT2D eigenvalue weighted by molar-refractivity contribution is 0.180. The molecule has 1 saturated carbocycles. The fraction of sp³-hybridized carbons (Fsp3) is 0.381. The van der Waals surface area contributed by atoms with Crippen LogP contribution in [0.25, 0.3) is 22.5 Å². The molecule has 3 aliphatic heterocycles. The van der Waals surface area contributed by atoms with E-state index in [-0.39, 0.29) is 0 Å². The highest BCUT2D eigenvalue weighted by Gasteiger charge is 2.54. The Kier molecular flexibility index (Phi) is 3.59. The van der Waals surface area contributed by atoms with E-state index in [4.69, 9.17) is 10.5 Å². The fourth-order valence-electron chi connectivity index (χ4n) is 4.62. The van der Waals surface area contributed by atoms with Crippen molar-refractivity contribution >= 4 is 5.69 Å². The number of nitrogens with two attached hydrogens (primary N) is 1. The Morgan fingerprint density at radius 3 is 2.70 bits per heavy atom. The number of ether oxygens (including phenoxy) is 1. The second-order valence-electron chi connectivity index (χ2n) is 7.97. The van der Waals surface area contributed by atoms with Gasteiger partial charge in [-0.05, 0) is 61.7 Å². The largest absolute Gasteiger partial charge is 0.493 e. The summed E-state index contributed by atoms with van der Waals surface area (Å²) in [5.74, 6) is 3.60. The number of benzene rings is 1. The summed E-state index contributed by atoms with van der Waals surface area (Å²) in [4.78, 5) is 6.68. The number of likely N-dealkylation sites (tertiary alicyclic amines) is 1. The number of rotatable bonds is 4. The highest BCUT2D eigenvalue weighted by atomic mass is 16.5. The molecule has 1 aliphatic carbocycles. The van der Waals surface area contributed by atoms with Gasteiger partial charge in [0.05, 0.1) is 12.3 Å². The lowest BCUT2D eigenvalue weighted by Crippen LogP contribution is -2.21. The summed E-state index contributed by atoms with van der Waals surface area (Å²) in [5.41, 5.74) is 10.3. The van der Waals surface area contributed by atoms with Gasteiger partial charge < -0.3 is 20.6 Å². The zero-order chi connectivity index (χ0) is 18.7. The topological polar surface area (TPSA) is 76.5 Å². The minimum Gasteiger partial charge on any atom is -0.493 e. The molecule has 6 heteroatoms. The first-order valence-corrected chi connectivity index (χ1v) is 9.40. The van der Waals surface area contributed by atoms with Crippen molar-refractivity contribution in [3.05, 3.63) is 42.2 Å². The van der Waals surface area contributed by atoms with Crippen LogP contribution in [0.1, 0.15) is 5.69 Å². The molecule has 3 N–H and O–H groups in total. The minimum atomic E-state index is 0.540. The number of fused-ring (bicyclic) bond motifs is 2. The number of hydrogen-bond acceptors (Lipinski definition) is 5. The summed E-state index contributed by atoms with van der Waals surface area (Å²) >= 11 is 0. The summed E-state index contributed by atoms with van der Waals surface area (Å²) < 4.78 is 7.39. The van der Waals surface area contributed by atoms with Crippen LogP contribution in [0.5, 0.6) is 5.75 Å². The molecule has 4 aliphatic rings. The van der Waals surface area contributed by atoms with E-state index in [1.807, 2.05) is 37.3 Å². The van der Waals surface area contributed by atoms with E-state index >= 15 is 0 Å². The Labute approximate surface area is 158 Å². The lowest BCUT2D eigenvalue weighted by atomic mass is 9.98. The van der Waals surface area contributed by atoms with Gasteiger partial charge in [0.2, 0.25) is 0 Å². The number of piperidine rings is 1. The third-order valence-corrected chi connectivity index (χ3v) is 6.14. The molecule has 0 amide bonds. The molecule has 1 saturated heterocycles. The van der Waals surface area contributed by atoms with Gasteiger partial charge in [-0.3, -0.25) is 0 Å². The van der Waals surface area contributed by atoms with Gasteiger partial charge in [0.25, 0.3) is 0 Å². The normalized spacial score (nSPS) is 24.3. The van der Waals surface area contributed by atoms with Crippen LogP contribution in [0.15, 0.2) is 36.5 Å². The molecule has 6 nitrogen and oxygen atoms in total. The molecule has 0 aromatic heterocycles. The summed E-state index contributed by atoms with van der Waals surface area (Å²) in [6.07, 6.45) is 1.70. The van der Waals surface area contributed by atoms with E-state index in [1.54, 1.807) is 6.20 Å². The molecule has 0 radical (unpaired) electrons. The molecule has 2 atom stereocenters. The summed E-state index contributed by atoms with van der Waals surface area (Å²) in [6.45, 7) is 4.96. The van der Waals surface area contributed by atoms with E-state index in [9.17, 15) is 5.21 Å². The van der Waals surface area contributed by atoms with Crippen LogP contribution in [0.2, 0.25) is 0 Å². The van der Waals surface area contributed by atoms with Gasteiger partial charge in [-0.15, -0.1) is 0 Å². The maximum atomic E-state index is 10.2. The van der Waals surface area contributed by atoms with Crippen molar-refractivity contribution < 1.29 is 9.94 Å². The first-order valence-electron chi connectivity index (χ1n) is 9.40. The molecule has 27 heavy (non-hydrogen) atoms. The molecule has 3 heterocycles. The lowest BCUT2D eigenvalue weighted by Gasteiger charge is -2.18. The van der Waals surface area contributed by atoms with Gasteiger partial charge in [0.15, 0.2) is 5.82 Å². The first-order chi connectivity index (χ1) is 13.0. The first kappa shape index (κ1) is 16.4. The van der Waals surface area contributed by atoms with E-state index in [2.05, 4.69) is 16.9 Å². The Morgan fingerprint density at radius 1 is 1.15 bits per heavy atom. The standard InChI is InChI=1S/C21H24N4O2/c1-12-7-15(14-5-6-23-21(14)25(12)26)16-8-13(22)3-4-20(16)27-11-19-17-9-24(2)10-18(17)19/h3-8,17-19,26H,9-11,22H2,1-2H3. The maximum Gasteiger partial charge on any atom is 0.176 e. The highest BCUT2D eigenvalue weighted by molar-refractivity contribution is 5.86. The Balaban J connectivity index is 1.47. The maximum absolute atomic E-state index is 10.2. The third-order valence-electron chi connectivity index (χ3n) is 6.14. The van der Waals surface area contributed by atoms with E-state index in [0.717, 1.165) is 45.6 Å². The van der Waals surface area contributed by atoms with Gasteiger partial charge in [-0.1, -0.05) is 0 Å². The van der Waals surface area contributed by atoms with Gasteiger partial charge in [0.1, 0.15) is 5.75 Å². The minimum absolute atomic E-state index is 0.540. The number of nitrogen functional groups attached to an aromatic ring is 1. The van der Waals surface area contributed by atoms with Gasteiger partial charge >= 0.3 is 0 Å². The third kappa shape index (κ3) is 2.63. The van der Waals surface area contributed by atoms with Crippen molar-refractivity contribution in [2.75, 3.05) is 32.5 Å². The van der Waals surface area contributed by atoms with Crippen LogP contribution in [-0.2, 0) is 0 Å². The SMILES string of the molecule is Cc1cc(-c2cc(N)ccc2OCC2C3CN(C)CC23)c2ccnc-2n1O. The molecule has 5 rings (SSSR count). The molecule has 0 spiro atoms. The zero-order valence-corrected chi connectivity index (χ0v) is 15.6. The monoisotopic (exact) mass is 364 g/mol. The molecule has 1 aromatic rings. The van der Waals surface area contributed by atoms with Crippen molar-refractivity contribution in [2.45, 2.75) is 6.92 Å². The molecular formula is C21H24N4O2. The second kappa shape index (κ2) is 5.89. The van der Waals surface area contributed by atoms with Crippen LogP contribution >= 0.6 is 0 Å². The van der Waals surface area contributed by atoms with Crippen molar-refractivity contribution in [3.8, 4) is 28.3 Å².